The van der Waals surface area contributed by atoms with Crippen molar-refractivity contribution in [3.63, 3.8) is 0 Å². The molecule has 17 heavy (non-hydrogen) atoms. The highest BCUT2D eigenvalue weighted by molar-refractivity contribution is 8.00. The molecule has 0 radical (unpaired) electrons. The van der Waals surface area contributed by atoms with Crippen molar-refractivity contribution < 1.29 is 14.3 Å². The van der Waals surface area contributed by atoms with Gasteiger partial charge in [0.05, 0.1) is 18.3 Å². The third-order valence-electron chi connectivity index (χ3n) is 1.85. The maximum absolute atomic E-state index is 11.4. The molecule has 0 saturated carbocycles. The number of hydrogen-bond donors (Lipinski definition) is 3. The third-order valence-corrected chi connectivity index (χ3v) is 2.84. The summed E-state index contributed by atoms with van der Waals surface area (Å²) < 4.78 is 5.15. The third kappa shape index (κ3) is 5.90. The summed E-state index contributed by atoms with van der Waals surface area (Å²) in [5.41, 5.74) is 4.80. The molecule has 0 aromatic heterocycles. The fourth-order valence-corrected chi connectivity index (χ4v) is 2.16. The first kappa shape index (κ1) is 14.3. The first-order chi connectivity index (χ1) is 7.76. The molecule has 1 heterocycles. The van der Waals surface area contributed by atoms with E-state index in [0.29, 0.717) is 0 Å². The predicted octanol–water partition coefficient (Wildman–Crippen LogP) is -0.261. The average Bonchev–Trinajstić information content (AvgIpc) is 2.10. The van der Waals surface area contributed by atoms with E-state index in [1.54, 1.807) is 0 Å². The highest BCUT2D eigenvalue weighted by atomic mass is 32.2. The monoisotopic (exact) mass is 261 g/mol. The van der Waals surface area contributed by atoms with Gasteiger partial charge in [0, 0.05) is 0 Å². The Morgan fingerprint density at radius 2 is 2.24 bits per heavy atom. The molecule has 0 spiro atoms. The Bertz CT molecular complexity index is 304. The van der Waals surface area contributed by atoms with Crippen molar-refractivity contribution in [1.29, 1.82) is 0 Å². The summed E-state index contributed by atoms with van der Waals surface area (Å²) in [6, 6.07) is 0. The van der Waals surface area contributed by atoms with Gasteiger partial charge >= 0.3 is 5.97 Å². The zero-order chi connectivity index (χ0) is 13.1. The maximum Gasteiger partial charge on any atom is 0.316 e. The van der Waals surface area contributed by atoms with Gasteiger partial charge in [-0.1, -0.05) is 0 Å². The van der Waals surface area contributed by atoms with E-state index < -0.39 is 5.60 Å². The van der Waals surface area contributed by atoms with Gasteiger partial charge in [0.15, 0.2) is 0 Å². The molecule has 98 valence electrons. The van der Waals surface area contributed by atoms with E-state index >= 15 is 0 Å². The number of nitrogens with two attached hydrogens (primary N) is 1. The number of thioether (sulfide) groups is 1. The lowest BCUT2D eigenvalue weighted by atomic mass is 10.2. The highest BCUT2D eigenvalue weighted by Gasteiger charge is 2.25. The van der Waals surface area contributed by atoms with E-state index in [2.05, 4.69) is 10.6 Å². The topological polar surface area (TPSA) is 93.5 Å². The molecule has 0 aliphatic carbocycles. The van der Waals surface area contributed by atoms with Crippen LogP contribution >= 0.6 is 11.8 Å². The molecule has 7 heteroatoms. The van der Waals surface area contributed by atoms with Crippen LogP contribution in [-0.4, -0.2) is 34.9 Å². The van der Waals surface area contributed by atoms with E-state index in [0.717, 1.165) is 0 Å². The van der Waals surface area contributed by atoms with Crippen LogP contribution in [-0.2, 0) is 14.3 Å². The minimum Gasteiger partial charge on any atom is -0.459 e. The van der Waals surface area contributed by atoms with E-state index in [9.17, 15) is 9.59 Å². The maximum atomic E-state index is 11.4. The number of carbonyl (C=O) groups excluding carboxylic acids is 2. The molecule has 0 aromatic rings. The fraction of sp³-hybridized carbons (Fsp3) is 0.800. The van der Waals surface area contributed by atoms with Crippen LogP contribution in [0.4, 0.5) is 0 Å². The quantitative estimate of drug-likeness (QED) is 0.606. The first-order valence-corrected chi connectivity index (χ1v) is 6.45. The number of hydrogen-bond acceptors (Lipinski definition) is 6. The van der Waals surface area contributed by atoms with Gasteiger partial charge in [0.1, 0.15) is 11.1 Å². The van der Waals surface area contributed by atoms with E-state index in [1.807, 2.05) is 20.8 Å². The number of nitrogens with one attached hydrogen (secondary N) is 2. The number of rotatable bonds is 3. The zero-order valence-corrected chi connectivity index (χ0v) is 11.1. The smallest absolute Gasteiger partial charge is 0.316 e. The number of carbonyl (C=O) groups is 2. The minimum atomic E-state index is -0.489. The summed E-state index contributed by atoms with van der Waals surface area (Å²) in [4.78, 5) is 22.6. The van der Waals surface area contributed by atoms with Gasteiger partial charge in [-0.3, -0.25) is 14.9 Å². The molecule has 1 aliphatic rings. The Labute approximate surface area is 105 Å². The SMILES string of the molecule is CC(C)(C)OC(=O)CSC1NC(=O)CC(N)N1. The van der Waals surface area contributed by atoms with Gasteiger partial charge in [0.25, 0.3) is 0 Å². The molecule has 1 aliphatic heterocycles. The van der Waals surface area contributed by atoms with Crippen LogP contribution in [0.5, 0.6) is 0 Å². The van der Waals surface area contributed by atoms with Crippen LogP contribution in [0.15, 0.2) is 0 Å². The van der Waals surface area contributed by atoms with Crippen molar-refractivity contribution in [2.45, 2.75) is 44.5 Å². The Hall–Kier alpha value is -0.790. The molecule has 1 fully saturated rings. The Balaban J connectivity index is 2.30. The largest absolute Gasteiger partial charge is 0.459 e. The van der Waals surface area contributed by atoms with Gasteiger partial charge in [-0.15, -0.1) is 11.8 Å². The Morgan fingerprint density at radius 3 is 2.76 bits per heavy atom. The van der Waals surface area contributed by atoms with Crippen molar-refractivity contribution in [3.05, 3.63) is 0 Å². The van der Waals surface area contributed by atoms with Crippen molar-refractivity contribution >= 4 is 23.6 Å². The van der Waals surface area contributed by atoms with Gasteiger partial charge in [0.2, 0.25) is 5.91 Å². The second-order valence-electron chi connectivity index (χ2n) is 4.82. The van der Waals surface area contributed by atoms with Crippen LogP contribution in [0, 0.1) is 0 Å². The minimum absolute atomic E-state index is 0.113. The summed E-state index contributed by atoms with van der Waals surface area (Å²) in [6.07, 6.45) is -0.108. The fourth-order valence-electron chi connectivity index (χ4n) is 1.31. The van der Waals surface area contributed by atoms with Gasteiger partial charge in [-0.25, -0.2) is 0 Å². The molecule has 2 unspecified atom stereocenters. The number of ether oxygens (including phenoxy) is 1. The molecule has 0 aromatic carbocycles. The molecule has 1 rings (SSSR count). The molecule has 6 nitrogen and oxygen atoms in total. The van der Waals surface area contributed by atoms with E-state index in [4.69, 9.17) is 10.5 Å². The molecular formula is C10H19N3O3S. The lowest BCUT2D eigenvalue weighted by Crippen LogP contribution is -2.58. The zero-order valence-electron chi connectivity index (χ0n) is 10.3. The second kappa shape index (κ2) is 5.70. The normalized spacial score (nSPS) is 25.3. The van der Waals surface area contributed by atoms with Crippen molar-refractivity contribution in [3.8, 4) is 0 Å². The molecule has 1 amide bonds. The molecule has 0 bridgehead atoms. The van der Waals surface area contributed by atoms with Gasteiger partial charge in [-0.2, -0.15) is 0 Å². The first-order valence-electron chi connectivity index (χ1n) is 5.41. The van der Waals surface area contributed by atoms with Crippen LogP contribution in [0.2, 0.25) is 0 Å². The highest BCUT2D eigenvalue weighted by Crippen LogP contribution is 2.13. The van der Waals surface area contributed by atoms with Gasteiger partial charge in [-0.05, 0) is 20.8 Å². The van der Waals surface area contributed by atoms with E-state index in [1.165, 1.54) is 11.8 Å². The van der Waals surface area contributed by atoms with Crippen LogP contribution in [0.1, 0.15) is 27.2 Å². The molecule has 1 saturated heterocycles. The summed E-state index contributed by atoms with van der Waals surface area (Å²) in [5, 5.41) is 5.66. The van der Waals surface area contributed by atoms with Crippen molar-refractivity contribution in [1.82, 2.24) is 10.6 Å². The Morgan fingerprint density at radius 1 is 1.59 bits per heavy atom. The van der Waals surface area contributed by atoms with E-state index in [-0.39, 0.29) is 35.7 Å². The lowest BCUT2D eigenvalue weighted by molar-refractivity contribution is -0.151. The molecule has 4 N–H and O–H groups in total. The lowest BCUT2D eigenvalue weighted by Gasteiger charge is -2.28. The summed E-state index contributed by atoms with van der Waals surface area (Å²) >= 11 is 1.26. The van der Waals surface area contributed by atoms with Crippen LogP contribution in [0.25, 0.3) is 0 Å². The average molecular weight is 261 g/mol. The van der Waals surface area contributed by atoms with Crippen LogP contribution in [0.3, 0.4) is 0 Å². The number of amides is 1. The molecular weight excluding hydrogens is 242 g/mol. The van der Waals surface area contributed by atoms with Gasteiger partial charge < -0.3 is 15.8 Å². The van der Waals surface area contributed by atoms with Crippen molar-refractivity contribution in [2.75, 3.05) is 5.75 Å². The van der Waals surface area contributed by atoms with Crippen LogP contribution < -0.4 is 16.4 Å². The summed E-state index contributed by atoms with van der Waals surface area (Å²) in [5.74, 6) is -0.252. The standard InChI is InChI=1S/C10H19N3O3S/c1-10(2,3)16-8(15)5-17-9-12-6(11)4-7(14)13-9/h6,9,12H,4-5,11H2,1-3H3,(H,13,14). The summed E-state index contributed by atoms with van der Waals surface area (Å²) in [7, 11) is 0. The Kier molecular flexibility index (Phi) is 4.79. The summed E-state index contributed by atoms with van der Waals surface area (Å²) in [6.45, 7) is 5.43. The number of esters is 1. The van der Waals surface area contributed by atoms with Crippen molar-refractivity contribution in [2.24, 2.45) is 5.73 Å². The predicted molar refractivity (Wildman–Crippen MR) is 66.0 cm³/mol. The second-order valence-corrected chi connectivity index (χ2v) is 5.92. The molecule has 2 atom stereocenters.